The molecular formula is C66H128O17P2. The van der Waals surface area contributed by atoms with Crippen LogP contribution in [0.25, 0.3) is 0 Å². The maximum atomic E-state index is 13.0. The Hall–Kier alpha value is -1.94. The first-order valence-corrected chi connectivity index (χ1v) is 37.3. The molecular weight excluding hydrogens is 1130 g/mol. The van der Waals surface area contributed by atoms with Crippen LogP contribution >= 0.6 is 15.6 Å². The van der Waals surface area contributed by atoms with Crippen LogP contribution in [0.5, 0.6) is 0 Å². The first kappa shape index (κ1) is 83.1. The van der Waals surface area contributed by atoms with E-state index in [9.17, 15) is 43.2 Å². The molecule has 0 aromatic carbocycles. The van der Waals surface area contributed by atoms with E-state index in [1.165, 1.54) is 116 Å². The van der Waals surface area contributed by atoms with E-state index in [1.54, 1.807) is 0 Å². The Morgan fingerprint density at radius 2 is 0.565 bits per heavy atom. The molecule has 17 nitrogen and oxygen atoms in total. The van der Waals surface area contributed by atoms with E-state index in [2.05, 4.69) is 55.4 Å². The molecule has 0 aliphatic rings. The molecule has 0 fully saturated rings. The molecule has 4 unspecified atom stereocenters. The molecule has 0 aromatic rings. The summed E-state index contributed by atoms with van der Waals surface area (Å²) in [6, 6.07) is 0. The van der Waals surface area contributed by atoms with Crippen molar-refractivity contribution >= 4 is 39.5 Å². The zero-order valence-electron chi connectivity index (χ0n) is 55.2. The highest BCUT2D eigenvalue weighted by Crippen LogP contribution is 2.45. The lowest BCUT2D eigenvalue weighted by Gasteiger charge is -2.21. The molecule has 504 valence electrons. The predicted molar refractivity (Wildman–Crippen MR) is 340 cm³/mol. The fourth-order valence-electron chi connectivity index (χ4n) is 9.72. The predicted octanol–water partition coefficient (Wildman–Crippen LogP) is 18.1. The Morgan fingerprint density at radius 1 is 0.329 bits per heavy atom. The Kier molecular flexibility index (Phi) is 54.8. The van der Waals surface area contributed by atoms with E-state index in [0.29, 0.717) is 25.7 Å². The van der Waals surface area contributed by atoms with Gasteiger partial charge in [-0.05, 0) is 49.4 Å². The fourth-order valence-corrected chi connectivity index (χ4v) is 11.3. The van der Waals surface area contributed by atoms with Crippen molar-refractivity contribution in [3.63, 3.8) is 0 Å². The Bertz CT molecular complexity index is 1700. The number of ether oxygens (including phenoxy) is 4. The van der Waals surface area contributed by atoms with E-state index < -0.39 is 97.5 Å². The smallest absolute Gasteiger partial charge is 0.462 e. The van der Waals surface area contributed by atoms with Gasteiger partial charge in [-0.2, -0.15) is 0 Å². The number of hydrogen-bond donors (Lipinski definition) is 3. The van der Waals surface area contributed by atoms with Crippen molar-refractivity contribution in [1.82, 2.24) is 0 Å². The maximum Gasteiger partial charge on any atom is 0.472 e. The molecule has 0 heterocycles. The average molecular weight is 1260 g/mol. The van der Waals surface area contributed by atoms with Crippen LogP contribution in [0.3, 0.4) is 0 Å². The van der Waals surface area contributed by atoms with Crippen LogP contribution in [0, 0.1) is 23.7 Å². The standard InChI is InChI=1S/C66H128O17P2/c1-9-58(7)44-36-28-22-24-31-39-47-64(69)77-53-62(83-66(71)49-41-33-25-23-29-37-45-59(8)10-2)55-81-85(74,75)79-51-60(67)50-78-84(72,73)80-54-61(82-65(70)48-40-32-21-17-16-19-27-35-43-57(5)6)52-76-63(68)46-38-30-20-15-13-11-12-14-18-26-34-42-56(3)4/h56-62,67H,9-55H2,1-8H3,(H,72,73)(H,74,75)/t58?,59?,60-,61-,62-/m1/s1. The highest BCUT2D eigenvalue weighted by molar-refractivity contribution is 7.47. The molecule has 85 heavy (non-hydrogen) atoms. The summed E-state index contributed by atoms with van der Waals surface area (Å²) in [4.78, 5) is 72.3. The van der Waals surface area contributed by atoms with E-state index in [4.69, 9.17) is 37.0 Å². The molecule has 0 aliphatic carbocycles. The minimum atomic E-state index is -4.95. The van der Waals surface area contributed by atoms with Crippen LogP contribution in [0.15, 0.2) is 0 Å². The van der Waals surface area contributed by atoms with E-state index >= 15 is 0 Å². The van der Waals surface area contributed by atoms with Crippen LogP contribution in [0.1, 0.15) is 319 Å². The van der Waals surface area contributed by atoms with Gasteiger partial charge in [0.25, 0.3) is 0 Å². The quantitative estimate of drug-likeness (QED) is 0.0222. The number of carbonyl (C=O) groups excluding carboxylic acids is 4. The third kappa shape index (κ3) is 58.2. The van der Waals surface area contributed by atoms with E-state index in [0.717, 1.165) is 120 Å². The second kappa shape index (κ2) is 56.1. The molecule has 0 saturated heterocycles. The molecule has 19 heteroatoms. The van der Waals surface area contributed by atoms with Crippen LogP contribution in [-0.2, 0) is 65.4 Å². The number of unbranched alkanes of at least 4 members (excludes halogenated alkanes) is 27. The molecule has 0 saturated carbocycles. The van der Waals surface area contributed by atoms with Crippen molar-refractivity contribution in [3.05, 3.63) is 0 Å². The summed E-state index contributed by atoms with van der Waals surface area (Å²) in [6.07, 6.45) is 36.3. The molecule has 0 rings (SSSR count). The third-order valence-electron chi connectivity index (χ3n) is 15.8. The Morgan fingerprint density at radius 3 is 0.835 bits per heavy atom. The second-order valence-corrected chi connectivity index (χ2v) is 28.2. The van der Waals surface area contributed by atoms with Crippen LogP contribution in [0.2, 0.25) is 0 Å². The van der Waals surface area contributed by atoms with Gasteiger partial charge in [0.1, 0.15) is 19.3 Å². The number of phosphoric acid groups is 2. The first-order valence-electron chi connectivity index (χ1n) is 34.3. The number of aliphatic hydroxyl groups excluding tert-OH is 1. The number of esters is 4. The van der Waals surface area contributed by atoms with Gasteiger partial charge in [0.15, 0.2) is 12.2 Å². The van der Waals surface area contributed by atoms with Crippen molar-refractivity contribution in [1.29, 1.82) is 0 Å². The lowest BCUT2D eigenvalue weighted by Crippen LogP contribution is -2.30. The zero-order valence-corrected chi connectivity index (χ0v) is 57.0. The van der Waals surface area contributed by atoms with E-state index in [1.807, 2.05) is 0 Å². The molecule has 0 aliphatic heterocycles. The van der Waals surface area contributed by atoms with Crippen molar-refractivity contribution < 1.29 is 80.2 Å². The summed E-state index contributed by atoms with van der Waals surface area (Å²) in [7, 11) is -9.89. The first-order chi connectivity index (χ1) is 40.7. The monoisotopic (exact) mass is 1250 g/mol. The van der Waals surface area contributed by atoms with Crippen molar-refractivity contribution in [2.45, 2.75) is 337 Å². The number of carbonyl (C=O) groups is 4. The molecule has 3 N–H and O–H groups in total. The highest BCUT2D eigenvalue weighted by Gasteiger charge is 2.30. The summed E-state index contributed by atoms with van der Waals surface area (Å²) >= 11 is 0. The SMILES string of the molecule is CCC(C)CCCCCCCCC(=O)OC[C@H](COP(=O)(O)OC[C@H](O)COP(=O)(O)OC[C@@H](COC(=O)CCCCCCCCCCCCCC(C)C)OC(=O)CCCCCCCCCCC(C)C)OC(=O)CCCCCCCCC(C)CC. The van der Waals surface area contributed by atoms with Crippen LogP contribution < -0.4 is 0 Å². The second-order valence-electron chi connectivity index (χ2n) is 25.3. The maximum absolute atomic E-state index is 13.0. The topological polar surface area (TPSA) is 237 Å². The normalized spacial score (nSPS) is 15.0. The van der Waals surface area contributed by atoms with E-state index in [-0.39, 0.29) is 25.7 Å². The van der Waals surface area contributed by atoms with Gasteiger partial charge in [-0.3, -0.25) is 37.3 Å². The van der Waals surface area contributed by atoms with Gasteiger partial charge in [-0.15, -0.1) is 0 Å². The van der Waals surface area contributed by atoms with Crippen LogP contribution in [-0.4, -0.2) is 96.7 Å². The molecule has 0 spiro atoms. The molecule has 0 aromatic heterocycles. The lowest BCUT2D eigenvalue weighted by molar-refractivity contribution is -0.161. The summed E-state index contributed by atoms with van der Waals surface area (Å²) in [5.41, 5.74) is 0. The average Bonchev–Trinajstić information content (AvgIpc) is 3.49. The van der Waals surface area contributed by atoms with Crippen molar-refractivity contribution in [2.24, 2.45) is 23.7 Å². The minimum Gasteiger partial charge on any atom is -0.462 e. The van der Waals surface area contributed by atoms with Gasteiger partial charge < -0.3 is 33.8 Å². The van der Waals surface area contributed by atoms with Gasteiger partial charge in [0, 0.05) is 25.7 Å². The lowest BCUT2D eigenvalue weighted by atomic mass is 10.00. The van der Waals surface area contributed by atoms with Gasteiger partial charge in [0.05, 0.1) is 26.4 Å². The third-order valence-corrected chi connectivity index (χ3v) is 17.7. The summed E-state index contributed by atoms with van der Waals surface area (Å²) in [5.74, 6) is 0.801. The van der Waals surface area contributed by atoms with Crippen LogP contribution in [0.4, 0.5) is 0 Å². The summed E-state index contributed by atoms with van der Waals surface area (Å²) in [5, 5.41) is 10.5. The summed E-state index contributed by atoms with van der Waals surface area (Å²) < 4.78 is 68.1. The number of rotatable bonds is 63. The summed E-state index contributed by atoms with van der Waals surface area (Å²) in [6.45, 7) is 14.0. The van der Waals surface area contributed by atoms with Crippen molar-refractivity contribution in [2.75, 3.05) is 39.6 Å². The number of hydrogen-bond acceptors (Lipinski definition) is 15. The fraction of sp³-hybridized carbons (Fsp3) is 0.939. The largest absolute Gasteiger partial charge is 0.472 e. The van der Waals surface area contributed by atoms with Gasteiger partial charge in [-0.25, -0.2) is 9.13 Å². The van der Waals surface area contributed by atoms with Gasteiger partial charge >= 0.3 is 39.5 Å². The minimum absolute atomic E-state index is 0.101. The molecule has 0 bridgehead atoms. The molecule has 0 amide bonds. The highest BCUT2D eigenvalue weighted by atomic mass is 31.2. The Labute approximate surface area is 517 Å². The Balaban J connectivity index is 5.25. The molecule has 7 atom stereocenters. The van der Waals surface area contributed by atoms with Gasteiger partial charge in [-0.1, -0.05) is 267 Å². The molecule has 0 radical (unpaired) electrons. The zero-order chi connectivity index (χ0) is 63.2. The number of phosphoric ester groups is 2. The number of aliphatic hydroxyl groups is 1. The van der Waals surface area contributed by atoms with Crippen molar-refractivity contribution in [3.8, 4) is 0 Å². The van der Waals surface area contributed by atoms with Gasteiger partial charge in [0.2, 0.25) is 0 Å².